The number of rotatable bonds is 3. The van der Waals surface area contributed by atoms with Crippen LogP contribution in [0.1, 0.15) is 5.56 Å². The number of nitrogens with one attached hydrogen (secondary N) is 1. The summed E-state index contributed by atoms with van der Waals surface area (Å²) >= 11 is 1.07. The largest absolute Gasteiger partial charge is 0.418 e. The van der Waals surface area contributed by atoms with Crippen molar-refractivity contribution in [2.75, 3.05) is 0 Å². The minimum Gasteiger partial charge on any atom is -0.412 e. The van der Waals surface area contributed by atoms with Crippen LogP contribution in [0.5, 0.6) is 0 Å². The second-order valence-electron chi connectivity index (χ2n) is 5.98. The lowest BCUT2D eigenvalue weighted by Crippen LogP contribution is -2.11. The fraction of sp³-hybridized carbons (Fsp3) is 0.0526. The zero-order chi connectivity index (χ0) is 19.9. The third-order valence-corrected chi connectivity index (χ3v) is 4.85. The smallest absolute Gasteiger partial charge is 0.412 e. The van der Waals surface area contributed by atoms with E-state index in [0.29, 0.717) is 11.3 Å². The number of benzene rings is 2. The van der Waals surface area contributed by atoms with Gasteiger partial charge in [0.2, 0.25) is 0 Å². The molecule has 0 radical (unpaired) electrons. The highest BCUT2D eigenvalue weighted by molar-refractivity contribution is 7.97. The van der Waals surface area contributed by atoms with Crippen LogP contribution in [0.2, 0.25) is 0 Å². The summed E-state index contributed by atoms with van der Waals surface area (Å²) in [5.41, 5.74) is -0.231. The van der Waals surface area contributed by atoms with E-state index in [1.165, 1.54) is 30.5 Å². The normalized spacial score (nSPS) is 11.1. The molecule has 7 nitrogen and oxygen atoms in total. The summed E-state index contributed by atoms with van der Waals surface area (Å²) in [6, 6.07) is 13.6. The molecular weight excluding hydrogens is 421 g/mol. The first-order valence-corrected chi connectivity index (χ1v) is 9.02. The Morgan fingerprint density at radius 2 is 1.67 bits per heavy atom. The summed E-state index contributed by atoms with van der Waals surface area (Å²) < 4.78 is 41.7. The molecule has 0 unspecified atom stereocenters. The van der Waals surface area contributed by atoms with Crippen LogP contribution in [-0.2, 0) is 6.18 Å². The van der Waals surface area contributed by atoms with Gasteiger partial charge in [-0.05, 0) is 42.3 Å². The predicted octanol–water partition coefficient (Wildman–Crippen LogP) is 2.72. The maximum absolute atomic E-state index is 13.5. The summed E-state index contributed by atoms with van der Waals surface area (Å²) in [6.45, 7) is 0. The van der Waals surface area contributed by atoms with Crippen molar-refractivity contribution < 1.29 is 24.1 Å². The topological polar surface area (TPSA) is 140 Å². The van der Waals surface area contributed by atoms with Crippen molar-refractivity contribution in [1.82, 2.24) is 14.8 Å². The number of hydrogen-bond acceptors (Lipinski definition) is 4. The number of halogens is 3. The summed E-state index contributed by atoms with van der Waals surface area (Å²) in [6.07, 6.45) is -3.17. The fourth-order valence-corrected chi connectivity index (χ4v) is 3.35. The lowest BCUT2D eigenvalue weighted by atomic mass is 10.1. The van der Waals surface area contributed by atoms with Gasteiger partial charge in [0.25, 0.3) is 5.56 Å². The maximum Gasteiger partial charge on any atom is 0.418 e. The van der Waals surface area contributed by atoms with Gasteiger partial charge >= 0.3 is 6.18 Å². The van der Waals surface area contributed by atoms with E-state index < -0.39 is 17.3 Å². The van der Waals surface area contributed by atoms with Crippen LogP contribution < -0.4 is 10.7 Å². The fourth-order valence-electron chi connectivity index (χ4n) is 3.05. The molecule has 7 N–H and O–H groups in total. The molecule has 2 heterocycles. The molecule has 30 heavy (non-hydrogen) atoms. The molecule has 0 saturated heterocycles. The first-order chi connectivity index (χ1) is 13.4. The second kappa shape index (κ2) is 8.71. The minimum absolute atomic E-state index is 0. The van der Waals surface area contributed by atoms with Gasteiger partial charge in [-0.3, -0.25) is 9.93 Å². The number of nitrogens with two attached hydrogens (primary N) is 1. The summed E-state index contributed by atoms with van der Waals surface area (Å²) in [5, 5.41) is 10.1. The van der Waals surface area contributed by atoms with Crippen LogP contribution in [0, 0.1) is 0 Å². The molecule has 4 aromatic rings. The molecule has 0 fully saturated rings. The second-order valence-corrected chi connectivity index (χ2v) is 6.69. The Kier molecular flexibility index (Phi) is 6.73. The van der Waals surface area contributed by atoms with Gasteiger partial charge in [0.1, 0.15) is 5.69 Å². The van der Waals surface area contributed by atoms with Crippen molar-refractivity contribution in [1.29, 1.82) is 0 Å². The SMILES string of the molecule is NSc1ccc(-c2nn(-c3ccccc3C(F)(F)F)c3cc[nH]c(=O)c23)cc1.O.O. The van der Waals surface area contributed by atoms with E-state index in [1.54, 1.807) is 24.3 Å². The Hall–Kier alpha value is -3.12. The molecule has 0 spiro atoms. The van der Waals surface area contributed by atoms with Gasteiger partial charge in [-0.15, -0.1) is 0 Å². The Bertz CT molecular complexity index is 1220. The third-order valence-electron chi connectivity index (χ3n) is 4.31. The van der Waals surface area contributed by atoms with Crippen molar-refractivity contribution in [3.63, 3.8) is 0 Å². The molecule has 4 rings (SSSR count). The third kappa shape index (κ3) is 3.96. The van der Waals surface area contributed by atoms with Crippen molar-refractivity contribution in [3.8, 4) is 16.9 Å². The number of aromatic amines is 1. The van der Waals surface area contributed by atoms with Gasteiger partial charge in [0, 0.05) is 16.7 Å². The van der Waals surface area contributed by atoms with Crippen LogP contribution in [0.15, 0.2) is 70.5 Å². The summed E-state index contributed by atoms with van der Waals surface area (Å²) in [7, 11) is 0. The van der Waals surface area contributed by atoms with Crippen LogP contribution in [0.25, 0.3) is 27.8 Å². The van der Waals surface area contributed by atoms with Crippen LogP contribution in [-0.4, -0.2) is 25.7 Å². The molecule has 2 aromatic carbocycles. The molecular formula is C19H17F3N4O3S. The van der Waals surface area contributed by atoms with Crippen LogP contribution >= 0.6 is 11.9 Å². The number of para-hydroxylation sites is 1. The van der Waals surface area contributed by atoms with Crippen molar-refractivity contribution in [2.45, 2.75) is 11.1 Å². The average Bonchev–Trinajstić information content (AvgIpc) is 3.08. The number of alkyl halides is 3. The number of fused-ring (bicyclic) bond motifs is 1. The molecule has 0 saturated carbocycles. The van der Waals surface area contributed by atoms with Gasteiger partial charge in [-0.25, -0.2) is 4.68 Å². The lowest BCUT2D eigenvalue weighted by molar-refractivity contribution is -0.137. The summed E-state index contributed by atoms with van der Waals surface area (Å²) in [4.78, 5) is 15.8. The molecule has 0 atom stereocenters. The summed E-state index contributed by atoms with van der Waals surface area (Å²) in [5.74, 6) is 0. The molecule has 0 bridgehead atoms. The number of nitrogens with zero attached hydrogens (tertiary/aromatic N) is 2. The van der Waals surface area contributed by atoms with Gasteiger partial charge < -0.3 is 15.9 Å². The molecule has 158 valence electrons. The van der Waals surface area contributed by atoms with Crippen molar-refractivity contribution in [2.24, 2.45) is 5.14 Å². The van der Waals surface area contributed by atoms with Crippen LogP contribution in [0.4, 0.5) is 13.2 Å². The monoisotopic (exact) mass is 438 g/mol. The zero-order valence-electron chi connectivity index (χ0n) is 15.2. The van der Waals surface area contributed by atoms with Gasteiger partial charge in [-0.1, -0.05) is 24.3 Å². The predicted molar refractivity (Wildman–Crippen MR) is 109 cm³/mol. The number of aromatic nitrogens is 3. The number of hydrogen-bond donors (Lipinski definition) is 2. The van der Waals surface area contributed by atoms with Crippen LogP contribution in [0.3, 0.4) is 0 Å². The maximum atomic E-state index is 13.5. The van der Waals surface area contributed by atoms with Gasteiger partial charge in [0.15, 0.2) is 0 Å². The minimum atomic E-state index is -4.56. The highest BCUT2D eigenvalue weighted by Crippen LogP contribution is 2.36. The van der Waals surface area contributed by atoms with E-state index >= 15 is 0 Å². The lowest BCUT2D eigenvalue weighted by Gasteiger charge is -2.13. The van der Waals surface area contributed by atoms with E-state index in [-0.39, 0.29) is 27.5 Å². The molecule has 2 aromatic heterocycles. The van der Waals surface area contributed by atoms with Crippen molar-refractivity contribution >= 4 is 22.9 Å². The van der Waals surface area contributed by atoms with Crippen molar-refractivity contribution in [3.05, 3.63) is 76.7 Å². The van der Waals surface area contributed by atoms with E-state index in [1.807, 2.05) is 0 Å². The Morgan fingerprint density at radius 3 is 2.30 bits per heavy atom. The van der Waals surface area contributed by atoms with E-state index in [9.17, 15) is 18.0 Å². The molecule has 0 aliphatic carbocycles. The van der Waals surface area contributed by atoms with E-state index in [4.69, 9.17) is 5.14 Å². The quantitative estimate of drug-likeness (QED) is 0.475. The van der Waals surface area contributed by atoms with Gasteiger partial charge in [0.05, 0.1) is 22.2 Å². The first-order valence-electron chi connectivity index (χ1n) is 8.14. The van der Waals surface area contributed by atoms with Gasteiger partial charge in [-0.2, -0.15) is 18.3 Å². The Morgan fingerprint density at radius 1 is 1.00 bits per heavy atom. The number of H-pyrrole nitrogens is 1. The molecule has 11 heteroatoms. The Labute approximate surface area is 172 Å². The first kappa shape index (κ1) is 23.2. The molecule has 0 aliphatic rings. The van der Waals surface area contributed by atoms with E-state index in [0.717, 1.165) is 27.6 Å². The highest BCUT2D eigenvalue weighted by Gasteiger charge is 2.34. The number of pyridine rings is 1. The standard InChI is InChI=1S/C19H13F3N4OS.2H2O/c20-19(21,22)13-3-1-2-4-14(13)26-15-9-10-24-18(27)16(15)17(25-26)11-5-7-12(28-23)8-6-11;;/h1-10H,23H2,(H,24,27);2*1H2. The van der Waals surface area contributed by atoms with E-state index in [2.05, 4.69) is 10.1 Å². The molecule has 0 amide bonds. The Balaban J connectivity index is 0.00000160. The highest BCUT2D eigenvalue weighted by atomic mass is 32.2. The molecule has 0 aliphatic heterocycles. The zero-order valence-corrected chi connectivity index (χ0v) is 16.0. The average molecular weight is 438 g/mol.